The molecule has 28 heavy (non-hydrogen) atoms. The number of hydrogen-bond donors (Lipinski definition) is 2. The highest BCUT2D eigenvalue weighted by molar-refractivity contribution is 7.14. The largest absolute Gasteiger partial charge is 0.496 e. The van der Waals surface area contributed by atoms with E-state index in [0.29, 0.717) is 28.0 Å². The molecule has 0 bridgehead atoms. The van der Waals surface area contributed by atoms with Crippen molar-refractivity contribution >= 4 is 23.2 Å². The highest BCUT2D eigenvalue weighted by Crippen LogP contribution is 2.35. The van der Waals surface area contributed by atoms with E-state index in [4.69, 9.17) is 14.2 Å². The van der Waals surface area contributed by atoms with Crippen LogP contribution in [-0.4, -0.2) is 33.1 Å². The van der Waals surface area contributed by atoms with Gasteiger partial charge in [-0.2, -0.15) is 0 Å². The van der Waals surface area contributed by atoms with Crippen LogP contribution in [0.25, 0.3) is 0 Å². The van der Waals surface area contributed by atoms with Gasteiger partial charge in [-0.05, 0) is 36.8 Å². The monoisotopic (exact) mass is 404 g/mol. The number of thiophene rings is 1. The normalized spacial score (nSPS) is 15.4. The van der Waals surface area contributed by atoms with Crippen molar-refractivity contribution in [2.75, 3.05) is 21.3 Å². The summed E-state index contributed by atoms with van der Waals surface area (Å²) in [6.45, 7) is 2.22. The molecule has 1 aliphatic rings. The van der Waals surface area contributed by atoms with Gasteiger partial charge in [0.05, 0.1) is 31.8 Å². The first-order chi connectivity index (χ1) is 13.5. The summed E-state index contributed by atoms with van der Waals surface area (Å²) in [7, 11) is 4.43. The maximum Gasteiger partial charge on any atom is 0.279 e. The van der Waals surface area contributed by atoms with Crippen LogP contribution in [0.15, 0.2) is 18.2 Å². The molecular weight excluding hydrogens is 380 g/mol. The molecule has 2 aromatic rings. The van der Waals surface area contributed by atoms with Crippen LogP contribution in [0, 0.1) is 5.92 Å². The van der Waals surface area contributed by atoms with Gasteiger partial charge in [-0.1, -0.05) is 6.92 Å². The number of hydrogen-bond acceptors (Lipinski definition) is 6. The molecule has 7 nitrogen and oxygen atoms in total. The van der Waals surface area contributed by atoms with Gasteiger partial charge in [-0.3, -0.25) is 20.4 Å². The van der Waals surface area contributed by atoms with Crippen LogP contribution in [0.1, 0.15) is 43.8 Å². The lowest BCUT2D eigenvalue weighted by molar-refractivity contribution is 0.0847. The molecule has 1 aromatic carbocycles. The fraction of sp³-hybridized carbons (Fsp3) is 0.400. The minimum absolute atomic E-state index is 0.222. The topological polar surface area (TPSA) is 85.9 Å². The Morgan fingerprint density at radius 2 is 1.61 bits per heavy atom. The lowest BCUT2D eigenvalue weighted by Gasteiger charge is -2.16. The fourth-order valence-corrected chi connectivity index (χ4v) is 4.37. The van der Waals surface area contributed by atoms with Crippen molar-refractivity contribution in [3.63, 3.8) is 0 Å². The summed E-state index contributed by atoms with van der Waals surface area (Å²) >= 11 is 1.49. The number of nitrogens with one attached hydrogen (secondary N) is 2. The second-order valence-corrected chi connectivity index (χ2v) is 7.86. The molecule has 2 N–H and O–H groups in total. The molecule has 1 atom stereocenters. The van der Waals surface area contributed by atoms with E-state index in [1.165, 1.54) is 49.2 Å². The molecule has 8 heteroatoms. The Morgan fingerprint density at radius 1 is 0.964 bits per heavy atom. The van der Waals surface area contributed by atoms with E-state index in [9.17, 15) is 9.59 Å². The van der Waals surface area contributed by atoms with Gasteiger partial charge < -0.3 is 14.2 Å². The molecule has 0 aliphatic heterocycles. The Hall–Kier alpha value is -2.74. The average molecular weight is 404 g/mol. The first kappa shape index (κ1) is 20.0. The second kappa shape index (κ2) is 8.52. The molecule has 0 unspecified atom stereocenters. The van der Waals surface area contributed by atoms with E-state index in [-0.39, 0.29) is 11.5 Å². The van der Waals surface area contributed by atoms with Gasteiger partial charge in [0.15, 0.2) is 11.5 Å². The SMILES string of the molecule is COc1cc(OC)c(C(=O)NNC(=O)c2cc3c(s2)CC[C@@H](C)C3)cc1OC. The van der Waals surface area contributed by atoms with Crippen LogP contribution < -0.4 is 25.1 Å². The predicted molar refractivity (Wildman–Crippen MR) is 107 cm³/mol. The summed E-state index contributed by atoms with van der Waals surface area (Å²) < 4.78 is 15.7. The summed E-state index contributed by atoms with van der Waals surface area (Å²) in [5.74, 6) is 0.930. The molecule has 2 amide bonds. The van der Waals surface area contributed by atoms with Gasteiger partial charge in [-0.25, -0.2) is 0 Å². The summed E-state index contributed by atoms with van der Waals surface area (Å²) in [6.07, 6.45) is 3.14. The first-order valence-electron chi connectivity index (χ1n) is 8.99. The zero-order valence-corrected chi connectivity index (χ0v) is 17.2. The quantitative estimate of drug-likeness (QED) is 0.749. The zero-order chi connectivity index (χ0) is 20.3. The number of ether oxygens (including phenoxy) is 3. The van der Waals surface area contributed by atoms with E-state index in [1.54, 1.807) is 6.07 Å². The Kier molecular flexibility index (Phi) is 6.08. The van der Waals surface area contributed by atoms with E-state index < -0.39 is 5.91 Å². The van der Waals surface area contributed by atoms with Crippen LogP contribution >= 0.6 is 11.3 Å². The van der Waals surface area contributed by atoms with Crippen LogP contribution in [0.4, 0.5) is 0 Å². The molecule has 3 rings (SSSR count). The molecule has 1 aliphatic carbocycles. The number of hydrazine groups is 1. The van der Waals surface area contributed by atoms with E-state index in [0.717, 1.165) is 19.3 Å². The molecule has 150 valence electrons. The van der Waals surface area contributed by atoms with E-state index in [1.807, 2.05) is 6.07 Å². The zero-order valence-electron chi connectivity index (χ0n) is 16.4. The van der Waals surface area contributed by atoms with Crippen LogP contribution in [-0.2, 0) is 12.8 Å². The molecule has 0 spiro atoms. The van der Waals surface area contributed by atoms with Crippen LogP contribution in [0.5, 0.6) is 17.2 Å². The Labute approximate surface area is 168 Å². The molecule has 1 heterocycles. The number of carbonyl (C=O) groups is 2. The smallest absolute Gasteiger partial charge is 0.279 e. The number of methoxy groups -OCH3 is 3. The molecule has 0 saturated carbocycles. The van der Waals surface area contributed by atoms with Crippen molar-refractivity contribution < 1.29 is 23.8 Å². The molecule has 0 fully saturated rings. The number of rotatable bonds is 5. The third-order valence-corrected chi connectivity index (χ3v) is 6.03. The summed E-state index contributed by atoms with van der Waals surface area (Å²) in [6, 6.07) is 4.99. The van der Waals surface area contributed by atoms with Gasteiger partial charge in [0.25, 0.3) is 11.8 Å². The van der Waals surface area contributed by atoms with Crippen molar-refractivity contribution in [3.8, 4) is 17.2 Å². The summed E-state index contributed by atoms with van der Waals surface area (Å²) in [5, 5.41) is 0. The standard InChI is InChI=1S/C20H24N2O5S/c1-11-5-6-17-12(7-11)8-18(28-17)20(24)22-21-19(23)13-9-15(26-3)16(27-4)10-14(13)25-2/h8-11H,5-7H2,1-4H3,(H,21,23)(H,22,24)/t11-/m1/s1. The molecule has 0 radical (unpaired) electrons. The highest BCUT2D eigenvalue weighted by Gasteiger charge is 2.22. The van der Waals surface area contributed by atoms with E-state index >= 15 is 0 Å². The van der Waals surface area contributed by atoms with Crippen LogP contribution in [0.3, 0.4) is 0 Å². The third kappa shape index (κ3) is 4.06. The maximum absolute atomic E-state index is 12.6. The van der Waals surface area contributed by atoms with Crippen molar-refractivity contribution in [1.29, 1.82) is 0 Å². The third-order valence-electron chi connectivity index (χ3n) is 4.79. The number of aryl methyl sites for hydroxylation is 1. The van der Waals surface area contributed by atoms with Crippen molar-refractivity contribution in [1.82, 2.24) is 10.9 Å². The van der Waals surface area contributed by atoms with Gasteiger partial charge in [-0.15, -0.1) is 11.3 Å². The minimum atomic E-state index is -0.513. The Morgan fingerprint density at radius 3 is 2.29 bits per heavy atom. The lowest BCUT2D eigenvalue weighted by Crippen LogP contribution is -2.41. The van der Waals surface area contributed by atoms with Gasteiger partial charge in [0, 0.05) is 17.0 Å². The first-order valence-corrected chi connectivity index (χ1v) is 9.80. The summed E-state index contributed by atoms with van der Waals surface area (Å²) in [5.41, 5.74) is 6.38. The molecular formula is C20H24N2O5S. The number of fused-ring (bicyclic) bond motifs is 1. The average Bonchev–Trinajstić information content (AvgIpc) is 3.13. The van der Waals surface area contributed by atoms with Gasteiger partial charge in [0.2, 0.25) is 0 Å². The second-order valence-electron chi connectivity index (χ2n) is 6.72. The number of carbonyl (C=O) groups excluding carboxylic acids is 2. The van der Waals surface area contributed by atoms with Crippen molar-refractivity contribution in [2.24, 2.45) is 5.92 Å². The minimum Gasteiger partial charge on any atom is -0.496 e. The van der Waals surface area contributed by atoms with Gasteiger partial charge >= 0.3 is 0 Å². The van der Waals surface area contributed by atoms with Crippen molar-refractivity contribution in [2.45, 2.75) is 26.2 Å². The Balaban J connectivity index is 1.71. The van der Waals surface area contributed by atoms with Crippen molar-refractivity contribution in [3.05, 3.63) is 39.1 Å². The summed E-state index contributed by atoms with van der Waals surface area (Å²) in [4.78, 5) is 26.9. The maximum atomic E-state index is 12.6. The molecule has 1 aromatic heterocycles. The fourth-order valence-electron chi connectivity index (χ4n) is 3.27. The van der Waals surface area contributed by atoms with E-state index in [2.05, 4.69) is 17.8 Å². The molecule has 0 saturated heterocycles. The Bertz CT molecular complexity index is 893. The number of benzene rings is 1. The lowest BCUT2D eigenvalue weighted by atomic mass is 9.90. The van der Waals surface area contributed by atoms with Gasteiger partial charge in [0.1, 0.15) is 5.75 Å². The number of amides is 2. The predicted octanol–water partition coefficient (Wildman–Crippen LogP) is 2.97. The van der Waals surface area contributed by atoms with Crippen LogP contribution in [0.2, 0.25) is 0 Å². The highest BCUT2D eigenvalue weighted by atomic mass is 32.1.